The Kier molecular flexibility index (Phi) is 7.30. The van der Waals surface area contributed by atoms with Crippen LogP contribution in [0.2, 0.25) is 0 Å². The molecular weight excluding hydrogens is 487 g/mol. The molecule has 0 radical (unpaired) electrons. The summed E-state index contributed by atoms with van der Waals surface area (Å²) >= 11 is 0. The summed E-state index contributed by atoms with van der Waals surface area (Å²) in [6.45, 7) is 4.60. The van der Waals surface area contributed by atoms with Crippen molar-refractivity contribution in [3.8, 4) is 5.69 Å². The van der Waals surface area contributed by atoms with E-state index < -0.39 is 34.6 Å². The number of nitrogens with two attached hydrogens (primary N) is 1. The Morgan fingerprint density at radius 2 is 1.86 bits per heavy atom. The Hall–Kier alpha value is -4.19. The summed E-state index contributed by atoms with van der Waals surface area (Å²) in [4.78, 5) is 27.3. The minimum Gasteiger partial charge on any atom is -0.380 e. The van der Waals surface area contributed by atoms with Crippen molar-refractivity contribution < 1.29 is 18.0 Å². The van der Waals surface area contributed by atoms with Gasteiger partial charge in [-0.15, -0.1) is 0 Å². The Bertz CT molecular complexity index is 1400. The van der Waals surface area contributed by atoms with Crippen LogP contribution in [0.15, 0.2) is 41.2 Å². The van der Waals surface area contributed by atoms with E-state index in [1.165, 1.54) is 0 Å². The van der Waals surface area contributed by atoms with Gasteiger partial charge in [-0.2, -0.15) is 9.78 Å². The summed E-state index contributed by atoms with van der Waals surface area (Å²) in [5.74, 6) is -3.62. The Morgan fingerprint density at radius 3 is 2.46 bits per heavy atom. The second-order valence-electron chi connectivity index (χ2n) is 8.97. The SMILES string of the molecule is CC(C)Nc1c(F)cc(NC(=O)c2ccc(=O)n(-c3c(F)cccc3F)n2)c(N2CCC(N)C2)c1C=N. The molecule has 1 aliphatic rings. The molecule has 12 heteroatoms. The molecule has 1 aliphatic heterocycles. The highest BCUT2D eigenvalue weighted by Gasteiger charge is 2.28. The zero-order chi connectivity index (χ0) is 26.9. The van der Waals surface area contributed by atoms with Crippen LogP contribution in [0.3, 0.4) is 0 Å². The number of hydrogen-bond donors (Lipinski definition) is 4. The number of benzene rings is 2. The number of nitrogens with zero attached hydrogens (tertiary/aromatic N) is 3. The van der Waals surface area contributed by atoms with Crippen LogP contribution in [0.4, 0.5) is 30.2 Å². The van der Waals surface area contributed by atoms with Gasteiger partial charge in [0.05, 0.1) is 17.1 Å². The third kappa shape index (κ3) is 5.19. The number of nitrogens with one attached hydrogen (secondary N) is 3. The van der Waals surface area contributed by atoms with E-state index in [1.807, 2.05) is 18.7 Å². The largest absolute Gasteiger partial charge is 0.380 e. The van der Waals surface area contributed by atoms with E-state index in [4.69, 9.17) is 11.1 Å². The molecule has 1 fully saturated rings. The van der Waals surface area contributed by atoms with E-state index >= 15 is 4.39 Å². The van der Waals surface area contributed by atoms with Gasteiger partial charge in [-0.1, -0.05) is 6.07 Å². The van der Waals surface area contributed by atoms with Gasteiger partial charge in [-0.25, -0.2) is 13.2 Å². The quantitative estimate of drug-likeness (QED) is 0.359. The summed E-state index contributed by atoms with van der Waals surface area (Å²) in [6.07, 6.45) is 1.66. The number of carbonyl (C=O) groups excluding carboxylic acids is 1. The standard InChI is InChI=1S/C25H26F3N7O2/c1-13(2)31-22-15(11-29)23(34-9-8-14(30)12-34)20(10-18(22)28)32-25(37)19-6-7-21(36)35(33-19)24-16(26)4-3-5-17(24)27/h3-7,10-11,13-14,29,31H,8-9,12,30H2,1-2H3,(H,32,37). The molecule has 0 spiro atoms. The van der Waals surface area contributed by atoms with Crippen LogP contribution < -0.4 is 26.8 Å². The molecule has 1 aromatic heterocycles. The molecule has 37 heavy (non-hydrogen) atoms. The van der Waals surface area contributed by atoms with E-state index in [0.717, 1.165) is 42.6 Å². The molecule has 4 rings (SSSR count). The van der Waals surface area contributed by atoms with Crippen molar-refractivity contribution in [1.29, 1.82) is 5.41 Å². The number of rotatable bonds is 7. The van der Waals surface area contributed by atoms with Crippen LogP contribution >= 0.6 is 0 Å². The van der Waals surface area contributed by atoms with Crippen molar-refractivity contribution >= 4 is 29.2 Å². The molecule has 9 nitrogen and oxygen atoms in total. The monoisotopic (exact) mass is 513 g/mol. The molecule has 0 aliphatic carbocycles. The summed E-state index contributed by atoms with van der Waals surface area (Å²) in [5.41, 5.74) is 4.95. The van der Waals surface area contributed by atoms with Crippen molar-refractivity contribution in [3.05, 3.63) is 75.5 Å². The van der Waals surface area contributed by atoms with Gasteiger partial charge < -0.3 is 26.7 Å². The molecule has 1 unspecified atom stereocenters. The Labute approximate surface area is 210 Å². The zero-order valence-electron chi connectivity index (χ0n) is 20.2. The Morgan fingerprint density at radius 1 is 1.16 bits per heavy atom. The van der Waals surface area contributed by atoms with E-state index in [2.05, 4.69) is 15.7 Å². The van der Waals surface area contributed by atoms with Crippen LogP contribution in [0.25, 0.3) is 5.69 Å². The number of hydrogen-bond acceptors (Lipinski definition) is 7. The second-order valence-corrected chi connectivity index (χ2v) is 8.97. The van der Waals surface area contributed by atoms with Crippen molar-refractivity contribution in [1.82, 2.24) is 9.78 Å². The van der Waals surface area contributed by atoms with Crippen LogP contribution in [0, 0.1) is 22.9 Å². The van der Waals surface area contributed by atoms with Crippen molar-refractivity contribution in [2.24, 2.45) is 5.73 Å². The fourth-order valence-corrected chi connectivity index (χ4v) is 4.23. The van der Waals surface area contributed by atoms with Gasteiger partial charge in [0.15, 0.2) is 11.6 Å². The third-order valence-corrected chi connectivity index (χ3v) is 5.84. The Balaban J connectivity index is 1.78. The number of aromatic nitrogens is 2. The van der Waals surface area contributed by atoms with Crippen LogP contribution in [-0.4, -0.2) is 47.1 Å². The zero-order valence-corrected chi connectivity index (χ0v) is 20.2. The first-order valence-corrected chi connectivity index (χ1v) is 11.6. The number of halogens is 3. The minimum absolute atomic E-state index is 0.0565. The molecule has 5 N–H and O–H groups in total. The summed E-state index contributed by atoms with van der Waals surface area (Å²) in [5, 5.41) is 17.4. The van der Waals surface area contributed by atoms with Crippen LogP contribution in [0.1, 0.15) is 36.3 Å². The first-order valence-electron chi connectivity index (χ1n) is 11.6. The fraction of sp³-hybridized carbons (Fsp3) is 0.280. The lowest BCUT2D eigenvalue weighted by atomic mass is 10.1. The van der Waals surface area contributed by atoms with Crippen molar-refractivity contribution in [2.45, 2.75) is 32.4 Å². The van der Waals surface area contributed by atoms with Crippen molar-refractivity contribution in [2.75, 3.05) is 28.6 Å². The maximum Gasteiger partial charge on any atom is 0.276 e. The van der Waals surface area contributed by atoms with E-state index in [-0.39, 0.29) is 34.7 Å². The van der Waals surface area contributed by atoms with E-state index in [1.54, 1.807) is 0 Å². The molecular formula is C25H26F3N7O2. The van der Waals surface area contributed by atoms with E-state index in [0.29, 0.717) is 29.9 Å². The number of anilines is 3. The average molecular weight is 514 g/mol. The maximum absolute atomic E-state index is 15.2. The third-order valence-electron chi connectivity index (χ3n) is 5.84. The summed E-state index contributed by atoms with van der Waals surface area (Å²) < 4.78 is 44.2. The lowest BCUT2D eigenvalue weighted by Gasteiger charge is -2.27. The summed E-state index contributed by atoms with van der Waals surface area (Å²) in [6, 6.07) is 5.95. The number of carbonyl (C=O) groups is 1. The lowest BCUT2D eigenvalue weighted by molar-refractivity contribution is 0.102. The maximum atomic E-state index is 15.2. The van der Waals surface area contributed by atoms with Gasteiger partial charge in [0.1, 0.15) is 17.2 Å². The van der Waals surface area contributed by atoms with Crippen LogP contribution in [0.5, 0.6) is 0 Å². The van der Waals surface area contributed by atoms with Crippen LogP contribution in [-0.2, 0) is 0 Å². The first-order chi connectivity index (χ1) is 17.6. The first kappa shape index (κ1) is 25.9. The highest BCUT2D eigenvalue weighted by molar-refractivity contribution is 6.08. The molecule has 2 aromatic carbocycles. The minimum atomic E-state index is -1.04. The predicted molar refractivity (Wildman–Crippen MR) is 136 cm³/mol. The predicted octanol–water partition coefficient (Wildman–Crippen LogP) is 3.26. The molecule has 0 saturated carbocycles. The highest BCUT2D eigenvalue weighted by atomic mass is 19.1. The normalized spacial score (nSPS) is 15.2. The molecule has 1 amide bonds. The van der Waals surface area contributed by atoms with Crippen molar-refractivity contribution in [3.63, 3.8) is 0 Å². The molecule has 2 heterocycles. The fourth-order valence-electron chi connectivity index (χ4n) is 4.23. The van der Waals surface area contributed by atoms with Gasteiger partial charge in [-0.3, -0.25) is 9.59 Å². The molecule has 194 valence electrons. The van der Waals surface area contributed by atoms with Gasteiger partial charge in [0.25, 0.3) is 11.5 Å². The molecule has 3 aromatic rings. The highest BCUT2D eigenvalue weighted by Crippen LogP contribution is 2.38. The van der Waals surface area contributed by atoms with Gasteiger partial charge >= 0.3 is 0 Å². The van der Waals surface area contributed by atoms with Gasteiger partial charge in [-0.05, 0) is 38.5 Å². The average Bonchev–Trinajstić information content (AvgIpc) is 3.26. The number of para-hydroxylation sites is 1. The lowest BCUT2D eigenvalue weighted by Crippen LogP contribution is -2.29. The summed E-state index contributed by atoms with van der Waals surface area (Å²) in [7, 11) is 0. The van der Waals surface area contributed by atoms with Gasteiger partial charge in [0, 0.05) is 49.1 Å². The molecule has 1 atom stereocenters. The second kappa shape index (κ2) is 10.4. The van der Waals surface area contributed by atoms with Gasteiger partial charge in [0.2, 0.25) is 0 Å². The smallest absolute Gasteiger partial charge is 0.276 e. The number of amides is 1. The molecule has 0 bridgehead atoms. The topological polar surface area (TPSA) is 129 Å². The van der Waals surface area contributed by atoms with E-state index in [9.17, 15) is 18.4 Å². The molecule has 1 saturated heterocycles.